The molecule has 0 heterocycles. The van der Waals surface area contributed by atoms with Crippen LogP contribution in [0.25, 0.3) is 0 Å². The van der Waals surface area contributed by atoms with E-state index in [1.54, 1.807) is 0 Å². The summed E-state index contributed by atoms with van der Waals surface area (Å²) in [7, 11) is 0. The molecule has 0 aromatic carbocycles. The first-order valence-electron chi connectivity index (χ1n) is 6.37. The van der Waals surface area contributed by atoms with Gasteiger partial charge in [-0.2, -0.15) is 0 Å². The van der Waals surface area contributed by atoms with Crippen LogP contribution in [0.5, 0.6) is 0 Å². The molecule has 0 spiro atoms. The minimum Gasteiger partial charge on any atom is -0.0991 e. The lowest BCUT2D eigenvalue weighted by molar-refractivity contribution is 0.583. The molecule has 1 saturated carbocycles. The molecule has 0 aliphatic heterocycles. The number of rotatable bonds is 4. The van der Waals surface area contributed by atoms with Crippen molar-refractivity contribution in [1.82, 2.24) is 0 Å². The Balaban J connectivity index is 3.70. The van der Waals surface area contributed by atoms with E-state index in [-0.39, 0.29) is 5.41 Å². The molecule has 0 N–H and O–H groups in total. The zero-order valence-corrected chi connectivity index (χ0v) is 11.9. The smallest absolute Gasteiger partial charge is 0.0158 e. The summed E-state index contributed by atoms with van der Waals surface area (Å²) in [5.41, 5.74) is 4.75. The number of hydrogen-bond acceptors (Lipinski definition) is 0. The second kappa shape index (κ2) is 6.19. The van der Waals surface area contributed by atoms with Gasteiger partial charge in [0.05, 0.1) is 0 Å². The Bertz CT molecular complexity index is 480. The van der Waals surface area contributed by atoms with Crippen LogP contribution in [0.4, 0.5) is 0 Å². The summed E-state index contributed by atoms with van der Waals surface area (Å²) in [6, 6.07) is 0. The normalized spacial score (nSPS) is 26.0. The molecule has 0 radical (unpaired) electrons. The highest BCUT2D eigenvalue weighted by molar-refractivity contribution is 5.71. The van der Waals surface area contributed by atoms with Crippen LogP contribution >= 0.6 is 0 Å². The third kappa shape index (κ3) is 2.68. The Kier molecular flexibility index (Phi) is 4.88. The Hall–Kier alpha value is -2.08. The van der Waals surface area contributed by atoms with E-state index >= 15 is 0 Å². The molecule has 0 amide bonds. The van der Waals surface area contributed by atoms with Crippen molar-refractivity contribution in [3.05, 3.63) is 97.2 Å². The summed E-state index contributed by atoms with van der Waals surface area (Å²) in [6.07, 6.45) is 15.5. The zero-order chi connectivity index (χ0) is 14.5. The molecule has 98 valence electrons. The fourth-order valence-electron chi connectivity index (χ4n) is 2.54. The molecular formula is C19H22. The van der Waals surface area contributed by atoms with E-state index in [9.17, 15) is 0 Å². The van der Waals surface area contributed by atoms with Gasteiger partial charge in [0.15, 0.2) is 0 Å². The lowest BCUT2D eigenvalue weighted by atomic mass is 9.82. The van der Waals surface area contributed by atoms with E-state index in [0.717, 1.165) is 0 Å². The SMILES string of the molecule is C=CC=C1C(=CC=C)C(C)(C)C(=C/C=C)/C1=C\C=C. The molecule has 1 aliphatic carbocycles. The Morgan fingerprint density at radius 1 is 0.632 bits per heavy atom. The first kappa shape index (κ1) is 15.0. The van der Waals surface area contributed by atoms with E-state index in [2.05, 4.69) is 52.3 Å². The van der Waals surface area contributed by atoms with E-state index in [1.807, 2.05) is 36.5 Å². The van der Waals surface area contributed by atoms with Gasteiger partial charge >= 0.3 is 0 Å². The predicted molar refractivity (Wildman–Crippen MR) is 86.9 cm³/mol. The van der Waals surface area contributed by atoms with Crippen molar-refractivity contribution >= 4 is 0 Å². The van der Waals surface area contributed by atoms with Gasteiger partial charge in [0.2, 0.25) is 0 Å². The van der Waals surface area contributed by atoms with Gasteiger partial charge in [0.25, 0.3) is 0 Å². The third-order valence-corrected chi connectivity index (χ3v) is 3.36. The minimum atomic E-state index is -0.0773. The Morgan fingerprint density at radius 3 is 1.21 bits per heavy atom. The van der Waals surface area contributed by atoms with Gasteiger partial charge < -0.3 is 0 Å². The van der Waals surface area contributed by atoms with E-state index in [4.69, 9.17) is 0 Å². The average molecular weight is 250 g/mol. The highest BCUT2D eigenvalue weighted by Gasteiger charge is 2.39. The molecule has 0 heteroatoms. The van der Waals surface area contributed by atoms with Crippen LogP contribution in [-0.2, 0) is 0 Å². The standard InChI is InChI=1S/C19H22/c1-7-11-15-16(12-8-2)18(14-10-4)19(5,6)17(15)13-9-3/h7-14H,1-4H2,5-6H3/b15-11-,16-12?,17-13+,18-14?. The Morgan fingerprint density at radius 2 is 0.947 bits per heavy atom. The summed E-state index contributed by atoms with van der Waals surface area (Å²) >= 11 is 0. The summed E-state index contributed by atoms with van der Waals surface area (Å²) in [5.74, 6) is 0. The second-order valence-corrected chi connectivity index (χ2v) is 4.89. The van der Waals surface area contributed by atoms with Crippen molar-refractivity contribution in [3.8, 4) is 0 Å². The largest absolute Gasteiger partial charge is 0.0991 e. The Labute approximate surface area is 117 Å². The van der Waals surface area contributed by atoms with Crippen LogP contribution in [0.15, 0.2) is 97.2 Å². The summed E-state index contributed by atoms with van der Waals surface area (Å²) in [5, 5.41) is 0. The molecule has 0 aromatic heterocycles. The van der Waals surface area contributed by atoms with E-state index in [1.165, 1.54) is 22.3 Å². The molecule has 0 saturated heterocycles. The molecule has 19 heavy (non-hydrogen) atoms. The predicted octanol–water partition coefficient (Wildman–Crippen LogP) is 5.48. The van der Waals surface area contributed by atoms with Crippen LogP contribution in [0.2, 0.25) is 0 Å². The average Bonchev–Trinajstić information content (AvgIpc) is 2.54. The highest BCUT2D eigenvalue weighted by atomic mass is 14.4. The van der Waals surface area contributed by atoms with Gasteiger partial charge in [-0.15, -0.1) is 0 Å². The van der Waals surface area contributed by atoms with Crippen molar-refractivity contribution in [1.29, 1.82) is 0 Å². The van der Waals surface area contributed by atoms with Gasteiger partial charge in [0, 0.05) is 5.41 Å². The quantitative estimate of drug-likeness (QED) is 0.620. The number of allylic oxidation sites excluding steroid dienone is 12. The maximum atomic E-state index is 3.82. The van der Waals surface area contributed by atoms with Crippen LogP contribution in [-0.4, -0.2) is 0 Å². The van der Waals surface area contributed by atoms with Crippen molar-refractivity contribution in [2.24, 2.45) is 5.41 Å². The highest BCUT2D eigenvalue weighted by Crippen LogP contribution is 2.53. The van der Waals surface area contributed by atoms with E-state index in [0.29, 0.717) is 0 Å². The fraction of sp³-hybridized carbons (Fsp3) is 0.158. The molecule has 0 atom stereocenters. The molecule has 0 bridgehead atoms. The lowest BCUT2D eigenvalue weighted by Crippen LogP contribution is -2.10. The van der Waals surface area contributed by atoms with Gasteiger partial charge in [-0.05, 0) is 22.3 Å². The molecule has 1 aliphatic rings. The molecule has 0 unspecified atom stereocenters. The maximum absolute atomic E-state index is 3.82. The zero-order valence-electron chi connectivity index (χ0n) is 11.9. The number of hydrogen-bond donors (Lipinski definition) is 0. The molecule has 0 aromatic rings. The topological polar surface area (TPSA) is 0 Å². The van der Waals surface area contributed by atoms with Crippen molar-refractivity contribution < 1.29 is 0 Å². The van der Waals surface area contributed by atoms with Crippen molar-refractivity contribution in [2.45, 2.75) is 13.8 Å². The summed E-state index contributed by atoms with van der Waals surface area (Å²) < 4.78 is 0. The first-order valence-corrected chi connectivity index (χ1v) is 6.37. The summed E-state index contributed by atoms with van der Waals surface area (Å²) in [4.78, 5) is 0. The van der Waals surface area contributed by atoms with Crippen LogP contribution < -0.4 is 0 Å². The minimum absolute atomic E-state index is 0.0773. The van der Waals surface area contributed by atoms with Gasteiger partial charge in [0.1, 0.15) is 0 Å². The molecule has 0 nitrogen and oxygen atoms in total. The van der Waals surface area contributed by atoms with Gasteiger partial charge in [-0.3, -0.25) is 0 Å². The molecular weight excluding hydrogens is 228 g/mol. The second-order valence-electron chi connectivity index (χ2n) is 4.89. The van der Waals surface area contributed by atoms with Crippen molar-refractivity contribution in [2.75, 3.05) is 0 Å². The molecule has 1 rings (SSSR count). The fourth-order valence-corrected chi connectivity index (χ4v) is 2.54. The third-order valence-electron chi connectivity index (χ3n) is 3.36. The van der Waals surface area contributed by atoms with Crippen LogP contribution in [0, 0.1) is 5.41 Å². The first-order chi connectivity index (χ1) is 9.04. The lowest BCUT2D eigenvalue weighted by Gasteiger charge is -2.21. The van der Waals surface area contributed by atoms with Gasteiger partial charge in [-0.1, -0.05) is 88.8 Å². The van der Waals surface area contributed by atoms with Crippen molar-refractivity contribution in [3.63, 3.8) is 0 Å². The van der Waals surface area contributed by atoms with Crippen LogP contribution in [0.1, 0.15) is 13.8 Å². The van der Waals surface area contributed by atoms with E-state index < -0.39 is 0 Å². The monoisotopic (exact) mass is 250 g/mol. The summed E-state index contributed by atoms with van der Waals surface area (Å²) in [6.45, 7) is 19.7. The maximum Gasteiger partial charge on any atom is 0.0158 e. The molecule has 1 fully saturated rings. The van der Waals surface area contributed by atoms with Gasteiger partial charge in [-0.25, -0.2) is 0 Å². The van der Waals surface area contributed by atoms with Crippen LogP contribution in [0.3, 0.4) is 0 Å².